The molecule has 0 bridgehead atoms. The highest BCUT2D eigenvalue weighted by Crippen LogP contribution is 2.70. The molecule has 0 aromatic carbocycles. The molecule has 0 aromatic rings. The van der Waals surface area contributed by atoms with Gasteiger partial charge in [-0.25, -0.2) is 9.18 Å². The van der Waals surface area contributed by atoms with E-state index in [0.717, 1.165) is 0 Å². The highest BCUT2D eigenvalue weighted by atomic mass is 35.5. The number of allylic oxidation sites excluding steroid dienone is 4. The number of aliphatic carboxylic acids is 1. The van der Waals surface area contributed by atoms with E-state index >= 15 is 4.39 Å². The van der Waals surface area contributed by atoms with E-state index in [1.165, 1.54) is 12.2 Å². The summed E-state index contributed by atoms with van der Waals surface area (Å²) in [6.45, 7) is 5.45. The van der Waals surface area contributed by atoms with Gasteiger partial charge in [0.25, 0.3) is 0 Å². The van der Waals surface area contributed by atoms with Gasteiger partial charge >= 0.3 is 5.97 Å². The maximum Gasteiger partial charge on any atom is 0.372 e. The van der Waals surface area contributed by atoms with Crippen LogP contribution in [0.2, 0.25) is 0 Å². The number of alkyl halides is 2. The Morgan fingerprint density at radius 1 is 1.24 bits per heavy atom. The molecule has 3 saturated carbocycles. The number of carbonyl (C=O) groups excluding carboxylic acids is 2. The smallest absolute Gasteiger partial charge is 0.372 e. The minimum atomic E-state index is -1.47. The fraction of sp³-hybridized carbons (Fsp3) is 0.682. The average Bonchev–Trinajstić information content (AvgIpc) is 2.89. The van der Waals surface area contributed by atoms with Crippen molar-refractivity contribution in [3.8, 4) is 0 Å². The Kier molecular flexibility index (Phi) is 4.46. The summed E-state index contributed by atoms with van der Waals surface area (Å²) in [5.41, 5.74) is -1.52. The molecule has 0 aliphatic heterocycles. The lowest BCUT2D eigenvalue weighted by Gasteiger charge is -2.63. The van der Waals surface area contributed by atoms with Crippen LogP contribution in [0.4, 0.5) is 4.39 Å². The molecular formula is C22H26ClFO5. The van der Waals surface area contributed by atoms with Crippen molar-refractivity contribution in [2.24, 2.45) is 34.5 Å². The summed E-state index contributed by atoms with van der Waals surface area (Å²) in [6.07, 6.45) is 2.57. The third kappa shape index (κ3) is 2.45. The highest BCUT2D eigenvalue weighted by molar-refractivity contribution is 6.34. The van der Waals surface area contributed by atoms with E-state index in [2.05, 4.69) is 0 Å². The molecule has 4 aliphatic carbocycles. The second-order valence-electron chi connectivity index (χ2n) is 9.81. The first-order valence-corrected chi connectivity index (χ1v) is 10.5. The summed E-state index contributed by atoms with van der Waals surface area (Å²) in [5, 5.41) is 20.6. The van der Waals surface area contributed by atoms with Gasteiger partial charge in [-0.2, -0.15) is 0 Å². The summed E-state index contributed by atoms with van der Waals surface area (Å²) in [4.78, 5) is 34.6. The second-order valence-corrected chi connectivity index (χ2v) is 10.4. The van der Waals surface area contributed by atoms with E-state index in [-0.39, 0.29) is 30.5 Å². The first kappa shape index (κ1) is 20.7. The van der Waals surface area contributed by atoms with Gasteiger partial charge in [0.1, 0.15) is 6.17 Å². The van der Waals surface area contributed by atoms with E-state index in [0.29, 0.717) is 12.0 Å². The molecule has 29 heavy (non-hydrogen) atoms. The molecule has 7 heteroatoms. The van der Waals surface area contributed by atoms with Crippen LogP contribution in [-0.2, 0) is 14.4 Å². The zero-order valence-corrected chi connectivity index (χ0v) is 17.4. The van der Waals surface area contributed by atoms with Gasteiger partial charge in [-0.05, 0) is 60.2 Å². The van der Waals surface area contributed by atoms with Crippen molar-refractivity contribution >= 4 is 29.1 Å². The first-order valence-electron chi connectivity index (χ1n) is 10.1. The Morgan fingerprint density at radius 2 is 1.90 bits per heavy atom. The highest BCUT2D eigenvalue weighted by Gasteiger charge is 2.72. The van der Waals surface area contributed by atoms with E-state index in [9.17, 15) is 24.6 Å². The SMILES string of the molecule is C[C@@H]1C[C@H]2[C@@H]3C[C@H](F)C4=CC(=O)C=C[C@]4(C)[C@@]3(Cl)[C@@H](O)C[C@]2(C)[C@H]1C(=O)C(=O)O. The number of carbonyl (C=O) groups is 3. The second kappa shape index (κ2) is 6.24. The van der Waals surface area contributed by atoms with Crippen LogP contribution in [-0.4, -0.2) is 44.9 Å². The van der Waals surface area contributed by atoms with Gasteiger partial charge in [-0.1, -0.05) is 26.8 Å². The topological polar surface area (TPSA) is 91.7 Å². The largest absolute Gasteiger partial charge is 0.475 e. The first-order chi connectivity index (χ1) is 13.4. The van der Waals surface area contributed by atoms with Crippen molar-refractivity contribution in [1.82, 2.24) is 0 Å². The molecule has 158 valence electrons. The summed E-state index contributed by atoms with van der Waals surface area (Å²) in [6, 6.07) is 0. The van der Waals surface area contributed by atoms with E-state index < -0.39 is 51.6 Å². The molecule has 0 radical (unpaired) electrons. The van der Waals surface area contributed by atoms with Gasteiger partial charge in [-0.15, -0.1) is 11.6 Å². The van der Waals surface area contributed by atoms with Gasteiger partial charge in [0, 0.05) is 11.3 Å². The number of hydrogen-bond acceptors (Lipinski definition) is 4. The van der Waals surface area contributed by atoms with Crippen molar-refractivity contribution in [3.05, 3.63) is 23.8 Å². The summed E-state index contributed by atoms with van der Waals surface area (Å²) >= 11 is 7.20. The maximum atomic E-state index is 15.3. The number of hydrogen-bond donors (Lipinski definition) is 2. The van der Waals surface area contributed by atoms with Crippen LogP contribution in [0, 0.1) is 34.5 Å². The average molecular weight is 425 g/mol. The molecule has 3 fully saturated rings. The third-order valence-corrected chi connectivity index (χ3v) is 9.39. The molecule has 4 rings (SSSR count). The summed E-state index contributed by atoms with van der Waals surface area (Å²) in [7, 11) is 0. The molecule has 2 N–H and O–H groups in total. The molecule has 4 aliphatic rings. The number of Topliss-reactive ketones (excluding diaryl/α,β-unsaturated/α-hetero) is 1. The lowest BCUT2D eigenvalue weighted by atomic mass is 9.46. The van der Waals surface area contributed by atoms with Crippen LogP contribution in [0.5, 0.6) is 0 Å². The lowest BCUT2D eigenvalue weighted by Crippen LogP contribution is -2.67. The quantitative estimate of drug-likeness (QED) is 0.525. The van der Waals surface area contributed by atoms with E-state index in [1.54, 1.807) is 13.0 Å². The Labute approximate surface area is 174 Å². The van der Waals surface area contributed by atoms with E-state index in [4.69, 9.17) is 11.6 Å². The lowest BCUT2D eigenvalue weighted by molar-refractivity contribution is -0.157. The molecule has 0 amide bonds. The molecule has 0 spiro atoms. The van der Waals surface area contributed by atoms with Crippen LogP contribution >= 0.6 is 11.6 Å². The van der Waals surface area contributed by atoms with Gasteiger partial charge < -0.3 is 10.2 Å². The van der Waals surface area contributed by atoms with Gasteiger partial charge in [0.2, 0.25) is 5.78 Å². The fourth-order valence-corrected chi connectivity index (χ4v) is 7.75. The standard InChI is InChI=1S/C22H26ClFO5/c1-10-6-12-13-8-15(24)14-7-11(25)4-5-21(14,3)22(13,23)16(26)9-20(12,2)17(10)18(27)19(28)29/h4-5,7,10,12-13,15-17,26H,6,8-9H2,1-3H3,(H,28,29)/t10-,12+,13+,15+,16+,17-,20+,21+,22+/m1/s1. The minimum absolute atomic E-state index is 0.0457. The number of carboxylic acid groups (broad SMARTS) is 1. The van der Waals surface area contributed by atoms with Crippen LogP contribution in [0.1, 0.15) is 40.0 Å². The number of halogens is 2. The van der Waals surface area contributed by atoms with Crippen LogP contribution in [0.15, 0.2) is 23.8 Å². The Balaban J connectivity index is 1.84. The zero-order valence-electron chi connectivity index (χ0n) is 16.7. The Morgan fingerprint density at radius 3 is 2.52 bits per heavy atom. The van der Waals surface area contributed by atoms with Gasteiger partial charge in [-0.3, -0.25) is 9.59 Å². The number of carboxylic acids is 1. The van der Waals surface area contributed by atoms with Gasteiger partial charge in [0.05, 0.1) is 11.0 Å². The molecule has 0 aromatic heterocycles. The number of fused-ring (bicyclic) bond motifs is 5. The van der Waals surface area contributed by atoms with Crippen molar-refractivity contribution in [1.29, 1.82) is 0 Å². The normalized spacial score (nSPS) is 51.0. The molecule has 0 heterocycles. The van der Waals surface area contributed by atoms with Crippen LogP contribution in [0.25, 0.3) is 0 Å². The number of rotatable bonds is 2. The van der Waals surface area contributed by atoms with Crippen molar-refractivity contribution in [3.63, 3.8) is 0 Å². The number of aliphatic hydroxyl groups excluding tert-OH is 1. The van der Waals surface area contributed by atoms with Crippen LogP contribution in [0.3, 0.4) is 0 Å². The predicted molar refractivity (Wildman–Crippen MR) is 104 cm³/mol. The molecule has 0 unspecified atom stereocenters. The van der Waals surface area contributed by atoms with Crippen molar-refractivity contribution in [2.75, 3.05) is 0 Å². The molecule has 0 saturated heterocycles. The number of aliphatic hydroxyl groups is 1. The summed E-state index contributed by atoms with van der Waals surface area (Å²) in [5.74, 6) is -4.22. The molecular weight excluding hydrogens is 399 g/mol. The molecule has 9 atom stereocenters. The monoisotopic (exact) mass is 424 g/mol. The van der Waals surface area contributed by atoms with Crippen LogP contribution < -0.4 is 0 Å². The Hall–Kier alpha value is -1.53. The summed E-state index contributed by atoms with van der Waals surface area (Å²) < 4.78 is 15.3. The molecule has 5 nitrogen and oxygen atoms in total. The number of ketones is 2. The third-order valence-electron chi connectivity index (χ3n) is 8.46. The van der Waals surface area contributed by atoms with Crippen molar-refractivity contribution < 1.29 is 29.0 Å². The Bertz CT molecular complexity index is 867. The predicted octanol–water partition coefficient (Wildman–Crippen LogP) is 3.09. The maximum absolute atomic E-state index is 15.3. The van der Waals surface area contributed by atoms with Crippen molar-refractivity contribution in [2.45, 2.75) is 57.2 Å². The van der Waals surface area contributed by atoms with E-state index in [1.807, 2.05) is 13.8 Å². The zero-order chi connectivity index (χ0) is 21.5. The van der Waals surface area contributed by atoms with Gasteiger partial charge in [0.15, 0.2) is 5.78 Å². The minimum Gasteiger partial charge on any atom is -0.475 e. The fourth-order valence-electron chi connectivity index (χ4n) is 7.26.